The van der Waals surface area contributed by atoms with Crippen molar-refractivity contribution in [3.05, 3.63) is 6.07 Å². The van der Waals surface area contributed by atoms with E-state index in [-0.39, 0.29) is 28.7 Å². The first kappa shape index (κ1) is 13.5. The largest absolute Gasteiger partial charge is 0.383 e. The molecular weight excluding hydrogens is 240 g/mol. The Kier molecular flexibility index (Phi) is 4.53. The van der Waals surface area contributed by atoms with Crippen LogP contribution in [-0.2, 0) is 4.79 Å². The Labute approximate surface area is 104 Å². The summed E-state index contributed by atoms with van der Waals surface area (Å²) in [6, 6.07) is 1.46. The van der Waals surface area contributed by atoms with E-state index in [1.54, 1.807) is 0 Å². The van der Waals surface area contributed by atoms with Gasteiger partial charge in [0.05, 0.1) is 5.25 Å². The first-order valence-electron chi connectivity index (χ1n) is 5.01. The minimum absolute atomic E-state index is 0.0785. The fraction of sp³-hybridized carbons (Fsp3) is 0.444. The molecular formula is C9H16N6OS. The lowest BCUT2D eigenvalue weighted by Crippen LogP contribution is -2.40. The van der Waals surface area contributed by atoms with E-state index in [4.69, 9.17) is 17.3 Å². The van der Waals surface area contributed by atoms with Crippen LogP contribution in [0, 0.1) is 5.92 Å². The van der Waals surface area contributed by atoms with Gasteiger partial charge in [-0.15, -0.1) is 0 Å². The van der Waals surface area contributed by atoms with Crippen molar-refractivity contribution in [1.29, 1.82) is 0 Å². The molecule has 0 radical (unpaired) electrons. The molecule has 0 saturated carbocycles. The number of nitrogens with two attached hydrogens (primary N) is 3. The molecule has 17 heavy (non-hydrogen) atoms. The maximum atomic E-state index is 11.6. The molecule has 1 aromatic rings. The number of hydrogen-bond donors (Lipinski definition) is 4. The van der Waals surface area contributed by atoms with Gasteiger partial charge in [0, 0.05) is 6.07 Å². The number of amides is 1. The molecule has 1 rings (SSSR count). The van der Waals surface area contributed by atoms with Crippen LogP contribution in [0.2, 0.25) is 0 Å². The second kappa shape index (κ2) is 5.69. The molecule has 8 heteroatoms. The lowest BCUT2D eigenvalue weighted by atomic mass is 10.1. The first-order valence-corrected chi connectivity index (χ1v) is 5.89. The number of carbonyl (C=O) groups is 1. The summed E-state index contributed by atoms with van der Waals surface area (Å²) >= 11 is 1.18. The third-order valence-corrected chi connectivity index (χ3v) is 3.39. The van der Waals surface area contributed by atoms with Crippen LogP contribution in [0.15, 0.2) is 11.2 Å². The highest BCUT2D eigenvalue weighted by molar-refractivity contribution is 8.00. The Balaban J connectivity index is 2.89. The fourth-order valence-electron chi connectivity index (χ4n) is 1.20. The number of nitrogens with zero attached hydrogens (tertiary/aromatic N) is 2. The van der Waals surface area contributed by atoms with Crippen molar-refractivity contribution in [1.82, 2.24) is 15.4 Å². The number of rotatable bonds is 4. The third-order valence-electron chi connectivity index (χ3n) is 1.98. The molecule has 1 aromatic heterocycles. The number of hydrazine groups is 1. The third kappa shape index (κ3) is 3.75. The average molecular weight is 256 g/mol. The highest BCUT2D eigenvalue weighted by Crippen LogP contribution is 2.26. The van der Waals surface area contributed by atoms with Crippen LogP contribution >= 0.6 is 11.8 Å². The van der Waals surface area contributed by atoms with Gasteiger partial charge in [-0.1, -0.05) is 25.6 Å². The van der Waals surface area contributed by atoms with Gasteiger partial charge in [0.1, 0.15) is 11.6 Å². The van der Waals surface area contributed by atoms with Crippen LogP contribution in [-0.4, -0.2) is 21.1 Å². The van der Waals surface area contributed by atoms with E-state index in [1.807, 2.05) is 13.8 Å². The zero-order valence-electron chi connectivity index (χ0n) is 9.68. The van der Waals surface area contributed by atoms with Crippen LogP contribution in [0.1, 0.15) is 13.8 Å². The number of nitrogens with one attached hydrogen (secondary N) is 1. The van der Waals surface area contributed by atoms with Gasteiger partial charge in [-0.3, -0.25) is 10.2 Å². The van der Waals surface area contributed by atoms with Gasteiger partial charge in [-0.2, -0.15) is 0 Å². The average Bonchev–Trinajstić information content (AvgIpc) is 2.23. The van der Waals surface area contributed by atoms with Gasteiger partial charge < -0.3 is 11.5 Å². The second-order valence-electron chi connectivity index (χ2n) is 3.79. The lowest BCUT2D eigenvalue weighted by Gasteiger charge is -2.17. The number of hydrogen-bond acceptors (Lipinski definition) is 7. The van der Waals surface area contributed by atoms with Crippen LogP contribution in [0.4, 0.5) is 11.6 Å². The number of nitrogen functional groups attached to an aromatic ring is 2. The van der Waals surface area contributed by atoms with E-state index in [0.29, 0.717) is 5.16 Å². The molecule has 94 valence electrons. The minimum Gasteiger partial charge on any atom is -0.383 e. The van der Waals surface area contributed by atoms with Gasteiger partial charge in [0.2, 0.25) is 5.91 Å². The Morgan fingerprint density at radius 1 is 1.35 bits per heavy atom. The molecule has 7 N–H and O–H groups in total. The van der Waals surface area contributed by atoms with Crippen LogP contribution in [0.25, 0.3) is 0 Å². The van der Waals surface area contributed by atoms with Crippen molar-refractivity contribution >= 4 is 29.3 Å². The van der Waals surface area contributed by atoms with E-state index in [2.05, 4.69) is 15.4 Å². The minimum atomic E-state index is -0.388. The van der Waals surface area contributed by atoms with Gasteiger partial charge in [-0.05, 0) is 5.92 Å². The smallest absolute Gasteiger partial charge is 0.247 e. The maximum Gasteiger partial charge on any atom is 0.247 e. The van der Waals surface area contributed by atoms with E-state index >= 15 is 0 Å². The van der Waals surface area contributed by atoms with Gasteiger partial charge in [0.25, 0.3) is 0 Å². The topological polar surface area (TPSA) is 133 Å². The summed E-state index contributed by atoms with van der Waals surface area (Å²) < 4.78 is 0. The van der Waals surface area contributed by atoms with Gasteiger partial charge in [-0.25, -0.2) is 15.8 Å². The molecule has 1 atom stereocenters. The molecule has 1 heterocycles. The Bertz CT molecular complexity index is 390. The van der Waals surface area contributed by atoms with Crippen LogP contribution < -0.4 is 22.7 Å². The van der Waals surface area contributed by atoms with E-state index in [0.717, 1.165) is 0 Å². The standard InChI is InChI=1S/C9H16N6OS/c1-4(2)7(8(16)15-12)17-9-13-5(10)3-6(11)14-9/h3-4,7H,12H2,1-2H3,(H,15,16)(H4,10,11,13,14). The normalized spacial score (nSPS) is 12.5. The van der Waals surface area contributed by atoms with E-state index in [1.165, 1.54) is 17.8 Å². The summed E-state index contributed by atoms with van der Waals surface area (Å²) in [4.78, 5) is 19.6. The van der Waals surface area contributed by atoms with Crippen molar-refractivity contribution in [2.24, 2.45) is 11.8 Å². The summed E-state index contributed by atoms with van der Waals surface area (Å²) in [5.74, 6) is 5.46. The van der Waals surface area contributed by atoms with Crippen molar-refractivity contribution in [3.8, 4) is 0 Å². The van der Waals surface area contributed by atoms with Crippen molar-refractivity contribution in [2.45, 2.75) is 24.3 Å². The monoisotopic (exact) mass is 256 g/mol. The summed E-state index contributed by atoms with van der Waals surface area (Å²) in [5.41, 5.74) is 13.2. The zero-order valence-corrected chi connectivity index (χ0v) is 10.5. The Morgan fingerprint density at radius 2 is 1.88 bits per heavy atom. The molecule has 0 saturated heterocycles. The summed E-state index contributed by atoms with van der Waals surface area (Å²) in [6.07, 6.45) is 0. The fourth-order valence-corrected chi connectivity index (χ4v) is 2.19. The molecule has 1 amide bonds. The summed E-state index contributed by atoms with van der Waals surface area (Å²) in [6.45, 7) is 3.81. The van der Waals surface area contributed by atoms with Crippen LogP contribution in [0.3, 0.4) is 0 Å². The van der Waals surface area contributed by atoms with Crippen LogP contribution in [0.5, 0.6) is 0 Å². The Hall–Kier alpha value is -1.54. The highest BCUT2D eigenvalue weighted by atomic mass is 32.2. The molecule has 0 bridgehead atoms. The molecule has 0 fully saturated rings. The summed E-state index contributed by atoms with van der Waals surface area (Å²) in [5, 5.41) is -0.0222. The van der Waals surface area contributed by atoms with E-state index < -0.39 is 0 Å². The molecule has 1 unspecified atom stereocenters. The van der Waals surface area contributed by atoms with E-state index in [9.17, 15) is 4.79 Å². The van der Waals surface area contributed by atoms with Gasteiger partial charge >= 0.3 is 0 Å². The highest BCUT2D eigenvalue weighted by Gasteiger charge is 2.24. The predicted octanol–water partition coefficient (Wildman–Crippen LogP) is -0.252. The lowest BCUT2D eigenvalue weighted by molar-refractivity contribution is -0.121. The number of aromatic nitrogens is 2. The molecule has 0 aliphatic rings. The molecule has 0 aliphatic carbocycles. The predicted molar refractivity (Wildman–Crippen MR) is 67.7 cm³/mol. The zero-order chi connectivity index (χ0) is 13.0. The second-order valence-corrected chi connectivity index (χ2v) is 4.90. The number of anilines is 2. The molecule has 0 aromatic carbocycles. The number of carbonyl (C=O) groups excluding carboxylic acids is 1. The molecule has 7 nitrogen and oxygen atoms in total. The molecule has 0 aliphatic heterocycles. The van der Waals surface area contributed by atoms with Crippen molar-refractivity contribution < 1.29 is 4.79 Å². The molecule has 0 spiro atoms. The van der Waals surface area contributed by atoms with Gasteiger partial charge in [0.15, 0.2) is 5.16 Å². The van der Waals surface area contributed by atoms with Crippen molar-refractivity contribution in [3.63, 3.8) is 0 Å². The maximum absolute atomic E-state index is 11.6. The van der Waals surface area contributed by atoms with Crippen molar-refractivity contribution in [2.75, 3.05) is 11.5 Å². The first-order chi connectivity index (χ1) is 7.93. The Morgan fingerprint density at radius 3 is 2.29 bits per heavy atom. The summed E-state index contributed by atoms with van der Waals surface area (Å²) in [7, 11) is 0. The SMILES string of the molecule is CC(C)C(Sc1nc(N)cc(N)n1)C(=O)NN. The quantitative estimate of drug-likeness (QED) is 0.192. The number of thioether (sulfide) groups is 1.